The molecule has 70 valence electrons. The quantitative estimate of drug-likeness (QED) is 0.633. The number of methoxy groups -OCH3 is 1. The fourth-order valence-corrected chi connectivity index (χ4v) is 1.57. The summed E-state index contributed by atoms with van der Waals surface area (Å²) in [6.07, 6.45) is 8.00. The van der Waals surface area contributed by atoms with Gasteiger partial charge in [0, 0.05) is 19.2 Å². The Balaban J connectivity index is 2.17. The Kier molecular flexibility index (Phi) is 4.33. The molecule has 2 heteroatoms. The molecule has 0 bridgehead atoms. The van der Waals surface area contributed by atoms with Crippen molar-refractivity contribution in [1.29, 1.82) is 0 Å². The lowest BCUT2D eigenvalue weighted by Crippen LogP contribution is -2.39. The number of ether oxygens (including phenoxy) is 1. The minimum Gasteiger partial charge on any atom is -0.383 e. The van der Waals surface area contributed by atoms with E-state index in [0.29, 0.717) is 12.1 Å². The van der Waals surface area contributed by atoms with Gasteiger partial charge >= 0.3 is 0 Å². The van der Waals surface area contributed by atoms with E-state index < -0.39 is 0 Å². The Morgan fingerprint density at radius 3 is 2.67 bits per heavy atom. The maximum atomic E-state index is 5.12. The summed E-state index contributed by atoms with van der Waals surface area (Å²) in [5, 5.41) is 3.58. The minimum atomic E-state index is 0.528. The van der Waals surface area contributed by atoms with E-state index in [2.05, 4.69) is 24.4 Å². The van der Waals surface area contributed by atoms with Crippen LogP contribution in [0.4, 0.5) is 0 Å². The van der Waals surface area contributed by atoms with Crippen LogP contribution < -0.4 is 5.32 Å². The van der Waals surface area contributed by atoms with Crippen LogP contribution in [0, 0.1) is 0 Å². The van der Waals surface area contributed by atoms with Crippen LogP contribution in [0.15, 0.2) is 12.2 Å². The zero-order valence-corrected chi connectivity index (χ0v) is 8.05. The zero-order valence-electron chi connectivity index (χ0n) is 8.05. The van der Waals surface area contributed by atoms with Gasteiger partial charge in [-0.25, -0.2) is 0 Å². The molecule has 1 unspecified atom stereocenters. The van der Waals surface area contributed by atoms with E-state index in [-0.39, 0.29) is 0 Å². The standard InChI is InChI=1S/C10H19NO/c1-3-9(8-12-2)11-10-6-4-5-7-10/h4-5,9-11H,3,6-8H2,1-2H3. The van der Waals surface area contributed by atoms with Crippen LogP contribution in [0.3, 0.4) is 0 Å². The van der Waals surface area contributed by atoms with Crippen LogP contribution >= 0.6 is 0 Å². The van der Waals surface area contributed by atoms with Crippen LogP contribution in [-0.4, -0.2) is 25.8 Å². The molecule has 0 amide bonds. The van der Waals surface area contributed by atoms with Gasteiger partial charge in [0.25, 0.3) is 0 Å². The highest BCUT2D eigenvalue weighted by Crippen LogP contribution is 2.10. The molecular weight excluding hydrogens is 150 g/mol. The lowest BCUT2D eigenvalue weighted by Gasteiger charge is -2.20. The van der Waals surface area contributed by atoms with Gasteiger partial charge < -0.3 is 10.1 Å². The molecule has 0 saturated heterocycles. The predicted molar refractivity (Wildman–Crippen MR) is 51.3 cm³/mol. The van der Waals surface area contributed by atoms with Gasteiger partial charge in [0.15, 0.2) is 0 Å². The lowest BCUT2D eigenvalue weighted by molar-refractivity contribution is 0.159. The third-order valence-corrected chi connectivity index (χ3v) is 2.34. The van der Waals surface area contributed by atoms with Gasteiger partial charge in [-0.2, -0.15) is 0 Å². The van der Waals surface area contributed by atoms with Crippen molar-refractivity contribution in [3.05, 3.63) is 12.2 Å². The summed E-state index contributed by atoms with van der Waals surface area (Å²) in [6.45, 7) is 3.02. The molecule has 0 radical (unpaired) electrons. The van der Waals surface area contributed by atoms with Crippen molar-refractivity contribution in [2.75, 3.05) is 13.7 Å². The third-order valence-electron chi connectivity index (χ3n) is 2.34. The molecule has 0 aromatic carbocycles. The Hall–Kier alpha value is -0.340. The second-order valence-electron chi connectivity index (χ2n) is 3.37. The Labute approximate surface area is 75.0 Å². The fourth-order valence-electron chi connectivity index (χ4n) is 1.57. The second kappa shape index (κ2) is 5.33. The molecular formula is C10H19NO. The van der Waals surface area contributed by atoms with Gasteiger partial charge in [-0.05, 0) is 19.3 Å². The SMILES string of the molecule is CCC(COC)NC1CC=CC1. The smallest absolute Gasteiger partial charge is 0.0615 e. The summed E-state index contributed by atoms with van der Waals surface area (Å²) in [7, 11) is 1.76. The predicted octanol–water partition coefficient (Wildman–Crippen LogP) is 1.72. The number of rotatable bonds is 5. The average molecular weight is 169 g/mol. The van der Waals surface area contributed by atoms with Crippen LogP contribution in [0.25, 0.3) is 0 Å². The van der Waals surface area contributed by atoms with E-state index in [1.165, 1.54) is 12.8 Å². The van der Waals surface area contributed by atoms with Crippen molar-refractivity contribution in [2.24, 2.45) is 0 Å². The third kappa shape index (κ3) is 2.95. The summed E-state index contributed by atoms with van der Waals surface area (Å²) in [5.74, 6) is 0. The number of hydrogen-bond donors (Lipinski definition) is 1. The maximum Gasteiger partial charge on any atom is 0.0615 e. The molecule has 0 fully saturated rings. The molecule has 1 atom stereocenters. The van der Waals surface area contributed by atoms with Gasteiger partial charge in [-0.3, -0.25) is 0 Å². The molecule has 0 heterocycles. The summed E-state index contributed by atoms with van der Waals surface area (Å²) in [6, 6.07) is 1.19. The van der Waals surface area contributed by atoms with Crippen LogP contribution in [-0.2, 0) is 4.74 Å². The molecule has 1 aliphatic carbocycles. The molecule has 0 saturated carbocycles. The molecule has 0 aliphatic heterocycles. The van der Waals surface area contributed by atoms with Crippen molar-refractivity contribution in [3.63, 3.8) is 0 Å². The molecule has 0 aromatic heterocycles. The highest BCUT2D eigenvalue weighted by atomic mass is 16.5. The minimum absolute atomic E-state index is 0.528. The van der Waals surface area contributed by atoms with Crippen molar-refractivity contribution >= 4 is 0 Å². The summed E-state index contributed by atoms with van der Waals surface area (Å²) in [4.78, 5) is 0. The summed E-state index contributed by atoms with van der Waals surface area (Å²) >= 11 is 0. The first kappa shape index (κ1) is 9.75. The number of hydrogen-bond acceptors (Lipinski definition) is 2. The largest absolute Gasteiger partial charge is 0.383 e. The van der Waals surface area contributed by atoms with Gasteiger partial charge in [0.05, 0.1) is 6.61 Å². The highest BCUT2D eigenvalue weighted by Gasteiger charge is 2.14. The highest BCUT2D eigenvalue weighted by molar-refractivity contribution is 4.98. The van der Waals surface area contributed by atoms with Crippen LogP contribution in [0.2, 0.25) is 0 Å². The van der Waals surface area contributed by atoms with E-state index in [4.69, 9.17) is 4.74 Å². The van der Waals surface area contributed by atoms with E-state index in [9.17, 15) is 0 Å². The topological polar surface area (TPSA) is 21.3 Å². The first-order valence-corrected chi connectivity index (χ1v) is 4.76. The average Bonchev–Trinajstić information content (AvgIpc) is 2.56. The summed E-state index contributed by atoms with van der Waals surface area (Å²) in [5.41, 5.74) is 0. The van der Waals surface area contributed by atoms with Crippen LogP contribution in [0.1, 0.15) is 26.2 Å². The first-order valence-electron chi connectivity index (χ1n) is 4.76. The van der Waals surface area contributed by atoms with Gasteiger partial charge in [-0.15, -0.1) is 0 Å². The lowest BCUT2D eigenvalue weighted by atomic mass is 10.1. The van der Waals surface area contributed by atoms with Gasteiger partial charge in [-0.1, -0.05) is 19.1 Å². The summed E-state index contributed by atoms with van der Waals surface area (Å²) < 4.78 is 5.12. The molecule has 1 N–H and O–H groups in total. The van der Waals surface area contributed by atoms with Gasteiger partial charge in [0.2, 0.25) is 0 Å². The molecule has 0 aromatic rings. The Morgan fingerprint density at radius 1 is 1.50 bits per heavy atom. The van der Waals surface area contributed by atoms with Crippen molar-refractivity contribution in [3.8, 4) is 0 Å². The van der Waals surface area contributed by atoms with E-state index >= 15 is 0 Å². The molecule has 12 heavy (non-hydrogen) atoms. The van der Waals surface area contributed by atoms with Crippen LogP contribution in [0.5, 0.6) is 0 Å². The first-order chi connectivity index (χ1) is 5.86. The van der Waals surface area contributed by atoms with E-state index in [0.717, 1.165) is 13.0 Å². The molecule has 1 rings (SSSR count). The van der Waals surface area contributed by atoms with Crippen molar-refractivity contribution in [2.45, 2.75) is 38.3 Å². The molecule has 1 aliphatic rings. The monoisotopic (exact) mass is 169 g/mol. The van der Waals surface area contributed by atoms with Gasteiger partial charge in [0.1, 0.15) is 0 Å². The number of nitrogens with one attached hydrogen (secondary N) is 1. The van der Waals surface area contributed by atoms with Crippen molar-refractivity contribution < 1.29 is 4.74 Å². The Morgan fingerprint density at radius 2 is 2.17 bits per heavy atom. The van der Waals surface area contributed by atoms with Crippen molar-refractivity contribution in [1.82, 2.24) is 5.32 Å². The molecule has 0 spiro atoms. The second-order valence-corrected chi connectivity index (χ2v) is 3.37. The van der Waals surface area contributed by atoms with E-state index in [1.54, 1.807) is 7.11 Å². The molecule has 2 nitrogen and oxygen atoms in total. The maximum absolute atomic E-state index is 5.12. The normalized spacial score (nSPS) is 20.2. The van der Waals surface area contributed by atoms with E-state index in [1.807, 2.05) is 0 Å². The Bertz CT molecular complexity index is 137. The zero-order chi connectivity index (χ0) is 8.81. The fraction of sp³-hybridized carbons (Fsp3) is 0.800.